The van der Waals surface area contributed by atoms with Gasteiger partial charge in [-0.3, -0.25) is 4.79 Å². The minimum atomic E-state index is -0.760. The van der Waals surface area contributed by atoms with Crippen LogP contribution < -0.4 is 9.47 Å². The van der Waals surface area contributed by atoms with E-state index in [-0.39, 0.29) is 6.42 Å². The number of unbranched alkanes of at least 4 members (excludes halogenated alkanes) is 1. The summed E-state index contributed by atoms with van der Waals surface area (Å²) in [7, 11) is 1.61. The molecule has 0 fully saturated rings. The van der Waals surface area contributed by atoms with E-state index in [1.165, 1.54) is 0 Å². The second-order valence-corrected chi connectivity index (χ2v) is 3.37. The first-order valence-corrected chi connectivity index (χ1v) is 5.21. The summed E-state index contributed by atoms with van der Waals surface area (Å²) in [5, 5.41) is 8.43. The molecule has 0 amide bonds. The molecule has 1 rings (SSSR count). The van der Waals surface area contributed by atoms with Crippen LogP contribution in [0.1, 0.15) is 19.3 Å². The molecule has 0 saturated carbocycles. The van der Waals surface area contributed by atoms with Crippen LogP contribution in [-0.2, 0) is 4.79 Å². The molecule has 0 aromatic heterocycles. The summed E-state index contributed by atoms with van der Waals surface area (Å²) in [6.07, 6.45) is 1.59. The molecule has 4 nitrogen and oxygen atoms in total. The fourth-order valence-corrected chi connectivity index (χ4v) is 1.24. The number of hydrogen-bond donors (Lipinski definition) is 1. The van der Waals surface area contributed by atoms with Crippen molar-refractivity contribution >= 4 is 5.97 Å². The van der Waals surface area contributed by atoms with Gasteiger partial charge in [0.1, 0.15) is 11.5 Å². The van der Waals surface area contributed by atoms with Crippen molar-refractivity contribution in [3.8, 4) is 11.5 Å². The normalized spacial score (nSPS) is 9.81. The molecule has 0 bridgehead atoms. The van der Waals surface area contributed by atoms with Crippen LogP contribution in [0, 0.1) is 0 Å². The molecule has 1 N–H and O–H groups in total. The summed E-state index contributed by atoms with van der Waals surface area (Å²) in [5.41, 5.74) is 0. The summed E-state index contributed by atoms with van der Waals surface area (Å²) in [6.45, 7) is 0.541. The molecule has 0 spiro atoms. The smallest absolute Gasteiger partial charge is 0.303 e. The third kappa shape index (κ3) is 4.68. The maximum absolute atomic E-state index is 10.2. The molecule has 16 heavy (non-hydrogen) atoms. The van der Waals surface area contributed by atoms with Gasteiger partial charge in [0.15, 0.2) is 0 Å². The van der Waals surface area contributed by atoms with Crippen molar-refractivity contribution in [2.45, 2.75) is 19.3 Å². The van der Waals surface area contributed by atoms with Gasteiger partial charge in [-0.15, -0.1) is 0 Å². The fraction of sp³-hybridized carbons (Fsp3) is 0.417. The van der Waals surface area contributed by atoms with Crippen LogP contribution in [0.3, 0.4) is 0 Å². The van der Waals surface area contributed by atoms with E-state index < -0.39 is 5.97 Å². The van der Waals surface area contributed by atoms with E-state index in [1.54, 1.807) is 7.11 Å². The Bertz CT molecular complexity index is 318. The monoisotopic (exact) mass is 225 g/mol. The van der Waals surface area contributed by atoms with Crippen LogP contribution in [0.2, 0.25) is 0 Å². The summed E-state index contributed by atoms with van der Waals surface area (Å²) in [5.74, 6) is 0.804. The van der Waals surface area contributed by atoms with Gasteiger partial charge in [0.25, 0.3) is 0 Å². The molecule has 0 unspecified atom stereocenters. The van der Waals surface area contributed by atoms with E-state index >= 15 is 0 Å². The Kier molecular flexibility index (Phi) is 5.19. The molecule has 0 aliphatic heterocycles. The Morgan fingerprint density at radius 1 is 1.19 bits per heavy atom. The Hall–Kier alpha value is -1.71. The summed E-state index contributed by atoms with van der Waals surface area (Å²) in [6, 6.07) is 7.31. The maximum Gasteiger partial charge on any atom is 0.303 e. The quantitative estimate of drug-likeness (QED) is 0.571. The molecule has 0 atom stereocenters. The number of aliphatic carboxylic acids is 1. The Morgan fingerprint density at radius 3 is 2.38 bits per heavy atom. The number of rotatable bonds is 7. The van der Waals surface area contributed by atoms with Gasteiger partial charge in [-0.1, -0.05) is 0 Å². The number of benzene rings is 1. The average molecular weight is 225 g/mol. The molecule has 88 valence electrons. The zero-order valence-corrected chi connectivity index (χ0v) is 9.31. The van der Waals surface area contributed by atoms with Crippen molar-refractivity contribution < 1.29 is 19.4 Å². The lowest BCUT2D eigenvalue weighted by atomic mass is 10.3. The summed E-state index contributed by atoms with van der Waals surface area (Å²) >= 11 is 0. The van der Waals surface area contributed by atoms with Gasteiger partial charge in [-0.25, -0.2) is 0 Å². The minimum Gasteiger partial charge on any atom is -0.497 e. The fourth-order valence-electron chi connectivity index (χ4n) is 1.24. The van der Waals surface area contributed by atoms with Gasteiger partial charge in [-0.2, -0.15) is 0 Å². The van der Waals surface area contributed by atoms with Crippen LogP contribution >= 0.6 is 0 Å². The van der Waals surface area contributed by atoms with Crippen molar-refractivity contribution in [3.63, 3.8) is 0 Å². The zero-order valence-electron chi connectivity index (χ0n) is 9.31. The molecule has 1 aromatic carbocycles. The molecular formula is C12H16O4. The molecule has 0 saturated heterocycles. The lowest BCUT2D eigenvalue weighted by Gasteiger charge is -2.06. The van der Waals surface area contributed by atoms with Gasteiger partial charge in [0.2, 0.25) is 0 Å². The summed E-state index contributed by atoms with van der Waals surface area (Å²) in [4.78, 5) is 10.2. The standard InChI is InChI=1S/C12H16O4/c1-15-10-5-7-11(8-6-10)16-9-3-2-4-12(13)14/h5-8H,2-4,9H2,1H3,(H,13,14)/i12+1. The van der Waals surface area contributed by atoms with Crippen molar-refractivity contribution in [2.24, 2.45) is 0 Å². The van der Waals surface area contributed by atoms with Crippen LogP contribution in [0.4, 0.5) is 0 Å². The topological polar surface area (TPSA) is 55.8 Å². The number of carbonyl (C=O) groups is 1. The Balaban J connectivity index is 2.19. The van der Waals surface area contributed by atoms with Gasteiger partial charge >= 0.3 is 5.97 Å². The van der Waals surface area contributed by atoms with Gasteiger partial charge < -0.3 is 14.6 Å². The van der Waals surface area contributed by atoms with Crippen molar-refractivity contribution in [3.05, 3.63) is 24.3 Å². The maximum atomic E-state index is 10.2. The molecule has 0 aliphatic rings. The van der Waals surface area contributed by atoms with Gasteiger partial charge in [0, 0.05) is 6.42 Å². The zero-order chi connectivity index (χ0) is 11.8. The first-order chi connectivity index (χ1) is 7.72. The first kappa shape index (κ1) is 12.4. The van der Waals surface area contributed by atoms with E-state index in [4.69, 9.17) is 14.6 Å². The van der Waals surface area contributed by atoms with Gasteiger partial charge in [-0.05, 0) is 37.1 Å². The van der Waals surface area contributed by atoms with Crippen LogP contribution in [0.25, 0.3) is 0 Å². The highest BCUT2D eigenvalue weighted by molar-refractivity contribution is 5.66. The van der Waals surface area contributed by atoms with Gasteiger partial charge in [0.05, 0.1) is 13.7 Å². The Labute approximate surface area is 94.8 Å². The van der Waals surface area contributed by atoms with E-state index in [2.05, 4.69) is 0 Å². The van der Waals surface area contributed by atoms with Crippen LogP contribution in [0.5, 0.6) is 11.5 Å². The second-order valence-electron chi connectivity index (χ2n) is 3.37. The Morgan fingerprint density at radius 2 is 1.81 bits per heavy atom. The highest BCUT2D eigenvalue weighted by Gasteiger charge is 1.98. The molecular weight excluding hydrogens is 209 g/mol. The van der Waals surface area contributed by atoms with Crippen molar-refractivity contribution in [2.75, 3.05) is 13.7 Å². The first-order valence-electron chi connectivity index (χ1n) is 5.21. The molecule has 0 aliphatic carbocycles. The predicted molar refractivity (Wildman–Crippen MR) is 60.0 cm³/mol. The average Bonchev–Trinajstić information content (AvgIpc) is 2.29. The SMILES string of the molecule is COc1ccc(OCCCC[13C](=O)O)cc1. The number of carboxylic acid groups (broad SMARTS) is 1. The highest BCUT2D eigenvalue weighted by atomic mass is 16.5. The van der Waals surface area contributed by atoms with E-state index in [1.807, 2.05) is 24.3 Å². The van der Waals surface area contributed by atoms with E-state index in [0.717, 1.165) is 17.9 Å². The second kappa shape index (κ2) is 6.71. The molecule has 0 heterocycles. The number of carboxylic acids is 1. The molecule has 1 aromatic rings. The lowest BCUT2D eigenvalue weighted by Crippen LogP contribution is -2.00. The largest absolute Gasteiger partial charge is 0.497 e. The lowest BCUT2D eigenvalue weighted by molar-refractivity contribution is -0.137. The molecule has 0 radical (unpaired) electrons. The number of methoxy groups -OCH3 is 1. The summed E-state index contributed by atoms with van der Waals surface area (Å²) < 4.78 is 10.5. The predicted octanol–water partition coefficient (Wildman–Crippen LogP) is 2.33. The third-order valence-electron chi connectivity index (χ3n) is 2.11. The van der Waals surface area contributed by atoms with Crippen LogP contribution in [-0.4, -0.2) is 24.8 Å². The van der Waals surface area contributed by atoms with E-state index in [0.29, 0.717) is 13.0 Å². The number of hydrogen-bond acceptors (Lipinski definition) is 3. The van der Waals surface area contributed by atoms with E-state index in [9.17, 15) is 4.79 Å². The highest BCUT2D eigenvalue weighted by Crippen LogP contribution is 2.17. The number of ether oxygens (including phenoxy) is 2. The third-order valence-corrected chi connectivity index (χ3v) is 2.11. The van der Waals surface area contributed by atoms with Crippen molar-refractivity contribution in [1.82, 2.24) is 0 Å². The minimum absolute atomic E-state index is 0.200. The van der Waals surface area contributed by atoms with Crippen molar-refractivity contribution in [1.29, 1.82) is 0 Å². The van der Waals surface area contributed by atoms with Crippen LogP contribution in [0.15, 0.2) is 24.3 Å². The molecule has 4 heteroatoms.